The smallest absolute Gasteiger partial charge is 0.356 e. The van der Waals surface area contributed by atoms with E-state index in [-0.39, 0.29) is 210 Å². The minimum absolute atomic E-state index is 0. The maximum Gasteiger partial charge on any atom is 3.00 e. The summed E-state index contributed by atoms with van der Waals surface area (Å²) in [5.74, 6) is 0. The van der Waals surface area contributed by atoms with Gasteiger partial charge in [-0.1, -0.05) is 0 Å². The summed E-state index contributed by atoms with van der Waals surface area (Å²) in [5.41, 5.74) is 0. The second-order valence-electron chi connectivity index (χ2n) is 2.68. The Kier molecular flexibility index (Phi) is 291. The topological polar surface area (TPSA) is 794 Å². The van der Waals surface area contributed by atoms with Crippen molar-refractivity contribution in [2.75, 3.05) is 0 Å². The Balaban J connectivity index is -0.0000000138. The van der Waals surface area contributed by atoms with Crippen LogP contribution in [0.15, 0.2) is 0 Å². The summed E-state index contributed by atoms with van der Waals surface area (Å²) in [7, 11) is 0. The molecule has 0 aliphatic heterocycles. The summed E-state index contributed by atoms with van der Waals surface area (Å²) >= 11 is 0. The Morgan fingerprint density at radius 3 is 0.125 bits per heavy atom. The zero-order valence-electron chi connectivity index (χ0n) is 23.6. The maximum absolute atomic E-state index is 8.25. The average molecular weight is 2420 g/mol. The van der Waals surface area contributed by atoms with Gasteiger partial charge in [0.1, 0.15) is 0 Å². The van der Waals surface area contributed by atoms with Gasteiger partial charge in [-0.25, -0.2) is 0 Å². The molecule has 0 saturated carbocycles. The second-order valence-corrected chi connectivity index (χ2v) is 2.68. The third kappa shape index (κ3) is 20400. The molecule has 0 N–H and O–H groups in total. The van der Waals surface area contributed by atoms with Crippen molar-refractivity contribution < 1.29 is 61.0 Å². The molecule has 0 unspecified atom stereocenters. The molecular weight excluding hydrogens is 2420 g/mol. The van der Waals surface area contributed by atoms with Gasteiger partial charge in [-0.05, 0) is 0 Å². The summed E-state index contributed by atoms with van der Waals surface area (Å²) in [6, 6.07) is 0. The van der Waals surface area contributed by atoms with Gasteiger partial charge in [-0.15, -0.1) is 0 Å². The fourth-order valence-electron chi connectivity index (χ4n) is 0. The van der Waals surface area contributed by atoms with Crippen molar-refractivity contribution in [3.63, 3.8) is 0 Å². The predicted molar refractivity (Wildman–Crippen MR) is 170 cm³/mol. The quantitative estimate of drug-likeness (QED) is 0.124. The molecule has 0 aromatic carbocycles. The maximum atomic E-state index is 8.25. The summed E-state index contributed by atoms with van der Waals surface area (Å²) in [5, 5.41) is 177. The van der Waals surface area contributed by atoms with Crippen molar-refractivity contribution in [1.29, 1.82) is 0 Å². The Morgan fingerprint density at radius 2 is 0.125 bits per heavy atom. The summed E-state index contributed by atoms with van der Waals surface area (Å²) in [4.78, 5) is 99.0. The zero-order chi connectivity index (χ0) is 42.9. The molecule has 16 radical (unpaired) electrons. The third-order valence-corrected chi connectivity index (χ3v) is 0. The Bertz CT molecular complexity index is 606. The molecule has 0 spiro atoms. The first-order valence-corrected chi connectivity index (χ1v) is 6.57. The predicted octanol–water partition coefficient (Wildman–Crippen LogP) is -5.92. The fourth-order valence-corrected chi connectivity index (χ4v) is 0. The molecule has 0 aliphatic carbocycles. The van der Waals surface area contributed by atoms with Crippen molar-refractivity contribution in [2.45, 2.75) is 0 Å². The summed E-state index contributed by atoms with van der Waals surface area (Å²) in [6.07, 6.45) is 0. The summed E-state index contributed by atoms with van der Waals surface area (Å²) < 4.78 is 0. The van der Waals surface area contributed by atoms with E-state index in [2.05, 4.69) is 0 Å². The van der Waals surface area contributed by atoms with E-state index in [1.807, 2.05) is 0 Å². The molecule has 0 aromatic heterocycles. The molecule has 0 heterocycles. The fraction of sp³-hybridized carbons (Fsp3) is 0. The van der Waals surface area contributed by atoms with Gasteiger partial charge in [-0.3, -0.25) is 0 Å². The van der Waals surface area contributed by atoms with Crippen LogP contribution in [0.3, 0.4) is 0 Å². The first-order valence-electron chi connectivity index (χ1n) is 6.57. The van der Waals surface area contributed by atoms with Crippen LogP contribution in [0.4, 0.5) is 0 Å². The van der Waals surface area contributed by atoms with Crippen LogP contribution in [0, 0.1) is 184 Å². The van der Waals surface area contributed by atoms with Crippen molar-refractivity contribution in [1.82, 2.24) is 0 Å². The zero-order valence-corrected chi connectivity index (χ0v) is 51.5. The molecule has 0 aliphatic rings. The third-order valence-electron chi connectivity index (χ3n) is 0. The largest absolute Gasteiger partial charge is 3.00 e. The molecule has 0 amide bonds. The van der Waals surface area contributed by atoms with E-state index in [9.17, 15) is 0 Å². The number of nitrogens with zero attached hydrogens (tertiary/aromatic N) is 12. The monoisotopic (exact) mass is 2420 g/mol. The van der Waals surface area contributed by atoms with Gasteiger partial charge in [0.25, 0.3) is 0 Å². The molecule has 0 fully saturated rings. The van der Waals surface area contributed by atoms with Crippen molar-refractivity contribution in [3.05, 3.63) is 184 Å². The Morgan fingerprint density at radius 1 is 0.125 bits per heavy atom. The van der Waals surface area contributed by atoms with E-state index >= 15 is 0 Å². The van der Waals surface area contributed by atoms with E-state index in [1.54, 1.807) is 0 Å². The Labute approximate surface area is 448 Å². The molecule has 0 saturated heterocycles. The van der Waals surface area contributed by atoms with E-state index in [0.717, 1.165) is 0 Å². The molecule has 56 heteroatoms. The van der Waals surface area contributed by atoms with Crippen molar-refractivity contribution >= 4 is 210 Å². The van der Waals surface area contributed by atoms with Crippen LogP contribution in [0.1, 0.15) is 0 Å². The number of rotatable bonds is 0. The van der Waals surface area contributed by atoms with Gasteiger partial charge in [0.05, 0.1) is 61.0 Å². The van der Waals surface area contributed by atoms with Crippen LogP contribution in [-0.4, -0.2) is 271 Å². The molecule has 48 nitrogen and oxygen atoms in total. The van der Waals surface area contributed by atoms with Crippen LogP contribution in [-0.2, 0) is 0 Å². The summed E-state index contributed by atoms with van der Waals surface area (Å²) in [6.45, 7) is 0. The molecule has 0 aromatic rings. The molecule has 0 rings (SSSR count). The van der Waals surface area contributed by atoms with Crippen LogP contribution in [0.5, 0.6) is 0 Å². The molecule has 304 valence electrons. The van der Waals surface area contributed by atoms with Gasteiger partial charge >= 0.3 is 210 Å². The van der Waals surface area contributed by atoms with Crippen LogP contribution in [0.2, 0.25) is 0 Å². The second kappa shape index (κ2) is 124. The molecule has 0 atom stereocenters. The SMILES string of the molecule is O=[N+]([O-])[O-].O=[N+]([O-])[O-].O=[N+]([O-])[O-].O=[N+]([O-])[O-].O=[N+]([O-])[O-].O=[N+]([O-])[O-].O=[N+]([O-])[O-].O=[N+]([O-])[O-].O=[N+]([O-])[O-].O=[N+]([O-])[O-].O=[N+]([O-])[O-].O=[N+]([O-])[O-].[Bi+3].[Bi+3].[Bi+3].[Bi+3].[Bi+3].[Bi+3].[Bi+3].[Bi+3]. The van der Waals surface area contributed by atoms with Crippen LogP contribution in [0.25, 0.3) is 0 Å². The first-order chi connectivity index (χ1) is 20.8. The Hall–Kier alpha value is -2.54. The minimum Gasteiger partial charge on any atom is -0.356 e. The number of hydrogen-bond acceptors (Lipinski definition) is 36. The van der Waals surface area contributed by atoms with E-state index < -0.39 is 61.0 Å². The van der Waals surface area contributed by atoms with E-state index in [1.165, 1.54) is 0 Å². The minimum atomic E-state index is -1.75. The molecular formula is Bi8N12O36+12. The molecule has 0 bridgehead atoms. The van der Waals surface area contributed by atoms with Gasteiger partial charge < -0.3 is 184 Å². The van der Waals surface area contributed by atoms with Crippen molar-refractivity contribution in [2.24, 2.45) is 0 Å². The van der Waals surface area contributed by atoms with Gasteiger partial charge in [0.2, 0.25) is 0 Å². The van der Waals surface area contributed by atoms with Crippen LogP contribution < -0.4 is 0 Å². The standard InChI is InChI=1S/8Bi.12NO3/c;;;;;;;;12*2-1(3)4/q8*+3;12*-1. The first kappa shape index (κ1) is 131. The van der Waals surface area contributed by atoms with Crippen molar-refractivity contribution in [3.8, 4) is 0 Å². The van der Waals surface area contributed by atoms with Gasteiger partial charge in [0.15, 0.2) is 0 Å². The van der Waals surface area contributed by atoms with E-state index in [4.69, 9.17) is 184 Å². The van der Waals surface area contributed by atoms with E-state index in [0.29, 0.717) is 0 Å². The average Bonchev–Trinajstić information content (AvgIpc) is 2.61. The van der Waals surface area contributed by atoms with Gasteiger partial charge in [0, 0.05) is 0 Å². The van der Waals surface area contributed by atoms with Crippen LogP contribution >= 0.6 is 0 Å². The van der Waals surface area contributed by atoms with Gasteiger partial charge in [-0.2, -0.15) is 0 Å². The normalized spacial score (nSPS) is 5.14. The molecule has 56 heavy (non-hydrogen) atoms. The number of hydrogen-bond donors (Lipinski definition) is 0.